The molecular weight excluding hydrogens is 615 g/mol. The largest absolute Gasteiger partial charge is 0.467 e. The number of aryl methyl sites for hydroxylation is 4. The minimum atomic E-state index is -0.224. The van der Waals surface area contributed by atoms with Crippen LogP contribution >= 0.6 is 0 Å². The highest BCUT2D eigenvalue weighted by Gasteiger charge is 2.37. The first-order chi connectivity index (χ1) is 24.2. The predicted molar refractivity (Wildman–Crippen MR) is 202 cm³/mol. The van der Waals surface area contributed by atoms with E-state index >= 15 is 0 Å². The summed E-state index contributed by atoms with van der Waals surface area (Å²) in [6.07, 6.45) is 1.74. The van der Waals surface area contributed by atoms with E-state index in [9.17, 15) is 0 Å². The number of benzene rings is 5. The maximum absolute atomic E-state index is 6.90. The fourth-order valence-electron chi connectivity index (χ4n) is 8.03. The van der Waals surface area contributed by atoms with E-state index in [0.29, 0.717) is 5.90 Å². The summed E-state index contributed by atoms with van der Waals surface area (Å²) in [7, 11) is 0. The van der Waals surface area contributed by atoms with E-state index in [4.69, 9.17) is 19.5 Å². The van der Waals surface area contributed by atoms with Gasteiger partial charge in [0.25, 0.3) is 0 Å². The standard InChI is InChI=1S/C45H39N3O2/c1-26-20-34-32-18-13-19-35-41(32)48(43(34)46-25-26)37-24-39(29(4)22-36(37)45(35,5)6)49-38-23-33(27(2)21-28(38)3)44-47-40(30-14-9-7-10-15-30)42(50-44)31-16-11-8-12-17-31/h7-25,40,42H,1-6H3/t40-,42-/m1/s1. The Labute approximate surface area is 292 Å². The second-order valence-corrected chi connectivity index (χ2v) is 14.5. The number of para-hydroxylation sites is 1. The average Bonchev–Trinajstić information content (AvgIpc) is 3.70. The number of aliphatic imine (C=N–C) groups is 1. The van der Waals surface area contributed by atoms with Crippen molar-refractivity contribution in [2.24, 2.45) is 4.99 Å². The number of fused-ring (bicyclic) bond motifs is 5. The van der Waals surface area contributed by atoms with Gasteiger partial charge in [-0.05, 0) is 90.4 Å². The molecule has 0 unspecified atom stereocenters. The van der Waals surface area contributed by atoms with Gasteiger partial charge in [-0.1, -0.05) is 98.8 Å². The maximum Gasteiger partial charge on any atom is 0.217 e. The van der Waals surface area contributed by atoms with Crippen molar-refractivity contribution in [2.75, 3.05) is 0 Å². The first-order valence-corrected chi connectivity index (χ1v) is 17.4. The summed E-state index contributed by atoms with van der Waals surface area (Å²) in [4.78, 5) is 10.2. The van der Waals surface area contributed by atoms with Gasteiger partial charge in [0.15, 0.2) is 6.10 Å². The lowest BCUT2D eigenvalue weighted by Gasteiger charge is -2.35. The third-order valence-electron chi connectivity index (χ3n) is 10.7. The molecule has 5 aromatic carbocycles. The van der Waals surface area contributed by atoms with Crippen molar-refractivity contribution in [2.45, 2.75) is 59.1 Å². The smallest absolute Gasteiger partial charge is 0.217 e. The summed E-state index contributed by atoms with van der Waals surface area (Å²) in [6.45, 7) is 13.1. The zero-order valence-corrected chi connectivity index (χ0v) is 29.3. The molecule has 50 heavy (non-hydrogen) atoms. The van der Waals surface area contributed by atoms with E-state index in [1.54, 1.807) is 0 Å². The van der Waals surface area contributed by atoms with Crippen LogP contribution in [0.5, 0.6) is 11.5 Å². The summed E-state index contributed by atoms with van der Waals surface area (Å²) >= 11 is 0. The van der Waals surface area contributed by atoms with Crippen molar-refractivity contribution in [3.05, 3.63) is 165 Å². The molecule has 2 atom stereocenters. The Balaban J connectivity index is 1.15. The van der Waals surface area contributed by atoms with Gasteiger partial charge in [0.2, 0.25) is 5.90 Å². The first kappa shape index (κ1) is 30.4. The number of hydrogen-bond acceptors (Lipinski definition) is 4. The van der Waals surface area contributed by atoms with Gasteiger partial charge in [-0.25, -0.2) is 9.98 Å². The van der Waals surface area contributed by atoms with Crippen LogP contribution in [-0.2, 0) is 10.2 Å². The number of rotatable bonds is 5. The number of ether oxygens (including phenoxy) is 2. The van der Waals surface area contributed by atoms with Gasteiger partial charge in [-0.3, -0.25) is 4.57 Å². The molecule has 0 amide bonds. The number of nitrogens with zero attached hydrogens (tertiary/aromatic N) is 3. The van der Waals surface area contributed by atoms with E-state index in [1.807, 2.05) is 18.3 Å². The molecule has 0 aliphatic carbocycles. The van der Waals surface area contributed by atoms with Gasteiger partial charge >= 0.3 is 0 Å². The minimum Gasteiger partial charge on any atom is -0.467 e. The maximum atomic E-state index is 6.90. The molecule has 2 aliphatic heterocycles. The van der Waals surface area contributed by atoms with Gasteiger partial charge in [0, 0.05) is 34.0 Å². The summed E-state index contributed by atoms with van der Waals surface area (Å²) in [6, 6.07) is 38.4. The molecule has 9 rings (SSSR count). The molecule has 0 saturated carbocycles. The predicted octanol–water partition coefficient (Wildman–Crippen LogP) is 11.1. The van der Waals surface area contributed by atoms with E-state index in [-0.39, 0.29) is 17.6 Å². The van der Waals surface area contributed by atoms with Crippen molar-refractivity contribution in [1.82, 2.24) is 9.55 Å². The number of pyridine rings is 1. The van der Waals surface area contributed by atoms with E-state index in [1.165, 1.54) is 27.4 Å². The van der Waals surface area contributed by atoms with Crippen LogP contribution in [0.15, 0.2) is 120 Å². The van der Waals surface area contributed by atoms with Crippen LogP contribution in [0.1, 0.15) is 76.1 Å². The summed E-state index contributed by atoms with van der Waals surface area (Å²) in [5, 5.41) is 2.40. The summed E-state index contributed by atoms with van der Waals surface area (Å²) < 4.78 is 16.0. The van der Waals surface area contributed by atoms with Crippen LogP contribution in [0.4, 0.5) is 0 Å². The third-order valence-corrected chi connectivity index (χ3v) is 10.7. The molecule has 0 saturated heterocycles. The van der Waals surface area contributed by atoms with Crippen molar-refractivity contribution < 1.29 is 9.47 Å². The molecule has 5 heteroatoms. The zero-order valence-electron chi connectivity index (χ0n) is 29.3. The lowest BCUT2D eigenvalue weighted by atomic mass is 9.74. The molecule has 0 spiro atoms. The van der Waals surface area contributed by atoms with Crippen molar-refractivity contribution >= 4 is 27.8 Å². The van der Waals surface area contributed by atoms with Gasteiger partial charge in [-0.15, -0.1) is 0 Å². The van der Waals surface area contributed by atoms with Crippen LogP contribution < -0.4 is 4.74 Å². The van der Waals surface area contributed by atoms with Gasteiger partial charge in [0.05, 0.1) is 11.2 Å². The quantitative estimate of drug-likeness (QED) is 0.186. The van der Waals surface area contributed by atoms with Crippen molar-refractivity contribution in [3.63, 3.8) is 0 Å². The number of hydrogen-bond donors (Lipinski definition) is 0. The van der Waals surface area contributed by atoms with E-state index in [0.717, 1.165) is 61.8 Å². The highest BCUT2D eigenvalue weighted by molar-refractivity contribution is 6.10. The van der Waals surface area contributed by atoms with Crippen LogP contribution in [0, 0.1) is 27.7 Å². The van der Waals surface area contributed by atoms with Crippen LogP contribution in [0.3, 0.4) is 0 Å². The Bertz CT molecular complexity index is 2510. The zero-order chi connectivity index (χ0) is 34.3. The second kappa shape index (κ2) is 11.2. The molecule has 2 aliphatic rings. The summed E-state index contributed by atoms with van der Waals surface area (Å²) in [5.74, 6) is 2.24. The third kappa shape index (κ3) is 4.60. The molecule has 7 aromatic rings. The molecule has 4 heterocycles. The second-order valence-electron chi connectivity index (χ2n) is 14.5. The summed E-state index contributed by atoms with van der Waals surface area (Å²) in [5.41, 5.74) is 13.2. The Hall–Kier alpha value is -5.68. The molecule has 0 N–H and O–H groups in total. The fraction of sp³-hybridized carbons (Fsp3) is 0.200. The molecule has 2 aromatic heterocycles. The lowest BCUT2D eigenvalue weighted by molar-refractivity contribution is 0.197. The fourth-order valence-corrected chi connectivity index (χ4v) is 8.03. The van der Waals surface area contributed by atoms with E-state index < -0.39 is 0 Å². The minimum absolute atomic E-state index is 0.154. The molecule has 5 nitrogen and oxygen atoms in total. The van der Waals surface area contributed by atoms with Gasteiger partial charge in [-0.2, -0.15) is 0 Å². The SMILES string of the molecule is Cc1cnc2c(c1)c1cccc3c1n2-c1cc(Oc2cc(C4=N[C@H](c5ccccc5)[C@@H](c5ccccc5)O4)c(C)cc2C)c(C)cc1C3(C)C. The lowest BCUT2D eigenvalue weighted by Crippen LogP contribution is -2.26. The van der Waals surface area contributed by atoms with Crippen molar-refractivity contribution in [1.29, 1.82) is 0 Å². The highest BCUT2D eigenvalue weighted by atomic mass is 16.5. The molecule has 0 bridgehead atoms. The first-order valence-electron chi connectivity index (χ1n) is 17.4. The monoisotopic (exact) mass is 653 g/mol. The van der Waals surface area contributed by atoms with Crippen LogP contribution in [0.25, 0.3) is 27.6 Å². The highest BCUT2D eigenvalue weighted by Crippen LogP contribution is 2.49. The van der Waals surface area contributed by atoms with Crippen LogP contribution in [-0.4, -0.2) is 15.4 Å². The van der Waals surface area contributed by atoms with Gasteiger partial charge < -0.3 is 9.47 Å². The Morgan fingerprint density at radius 3 is 2.14 bits per heavy atom. The van der Waals surface area contributed by atoms with E-state index in [2.05, 4.69) is 143 Å². The normalized spacial score (nSPS) is 17.4. The number of aromatic nitrogens is 2. The molecular formula is C45H39N3O2. The average molecular weight is 654 g/mol. The van der Waals surface area contributed by atoms with Crippen LogP contribution in [0.2, 0.25) is 0 Å². The molecule has 0 radical (unpaired) electrons. The topological polar surface area (TPSA) is 48.6 Å². The van der Waals surface area contributed by atoms with Gasteiger partial charge in [0.1, 0.15) is 23.2 Å². The molecule has 246 valence electrons. The Kier molecular flexibility index (Phi) is 6.79. The molecule has 0 fully saturated rings. The Morgan fingerprint density at radius 2 is 1.38 bits per heavy atom. The Morgan fingerprint density at radius 1 is 0.680 bits per heavy atom. The van der Waals surface area contributed by atoms with Crippen molar-refractivity contribution in [3.8, 4) is 17.2 Å².